The molecule has 3 rings (SSSR count). The van der Waals surface area contributed by atoms with Crippen LogP contribution in [0.3, 0.4) is 0 Å². The first kappa shape index (κ1) is 29.0. The molecule has 1 aliphatic heterocycles. The summed E-state index contributed by atoms with van der Waals surface area (Å²) >= 11 is 0. The molecule has 38 heavy (non-hydrogen) atoms. The van der Waals surface area contributed by atoms with Gasteiger partial charge in [0.25, 0.3) is 0 Å². The highest BCUT2D eigenvalue weighted by Crippen LogP contribution is 2.19. The van der Waals surface area contributed by atoms with Crippen molar-refractivity contribution in [2.24, 2.45) is 11.8 Å². The second-order valence-electron chi connectivity index (χ2n) is 9.89. The number of hydrogen-bond acceptors (Lipinski definition) is 5. The van der Waals surface area contributed by atoms with E-state index in [2.05, 4.69) is 10.6 Å². The summed E-state index contributed by atoms with van der Waals surface area (Å²) in [4.78, 5) is 38.5. The highest BCUT2D eigenvalue weighted by Gasteiger charge is 2.26. The maximum Gasteiger partial charge on any atom is 0.309 e. The number of benzene rings is 2. The molecule has 0 unspecified atom stereocenters. The van der Waals surface area contributed by atoms with Crippen LogP contribution in [-0.2, 0) is 32.0 Å². The average molecular weight is 525 g/mol. The second kappa shape index (κ2) is 15.0. The Kier molecular flexibility index (Phi) is 11.5. The summed E-state index contributed by atoms with van der Waals surface area (Å²) in [6.07, 6.45) is 6.19. The third-order valence-corrected chi connectivity index (χ3v) is 6.58. The maximum absolute atomic E-state index is 13.3. The van der Waals surface area contributed by atoms with Crippen LogP contribution in [0, 0.1) is 17.7 Å². The molecule has 7 nitrogen and oxygen atoms in total. The maximum atomic E-state index is 13.3. The second-order valence-corrected chi connectivity index (χ2v) is 9.89. The number of hydrogen-bond donors (Lipinski definition) is 3. The van der Waals surface area contributed by atoms with Gasteiger partial charge in [-0.25, -0.2) is 4.39 Å². The molecule has 2 aromatic rings. The number of halogens is 1. The van der Waals surface area contributed by atoms with Gasteiger partial charge in [0.1, 0.15) is 12.4 Å². The van der Waals surface area contributed by atoms with E-state index in [1.807, 2.05) is 42.5 Å². The van der Waals surface area contributed by atoms with Gasteiger partial charge in [-0.1, -0.05) is 54.6 Å². The molecule has 0 saturated carbocycles. The number of carbonyl (C=O) groups excluding carboxylic acids is 3. The lowest BCUT2D eigenvalue weighted by molar-refractivity contribution is -0.150. The van der Waals surface area contributed by atoms with E-state index in [-0.39, 0.29) is 43.2 Å². The van der Waals surface area contributed by atoms with Gasteiger partial charge in [-0.05, 0) is 62.3 Å². The number of carbonyl (C=O) groups is 3. The van der Waals surface area contributed by atoms with Crippen molar-refractivity contribution in [1.82, 2.24) is 10.6 Å². The van der Waals surface area contributed by atoms with Gasteiger partial charge in [0, 0.05) is 6.42 Å². The van der Waals surface area contributed by atoms with Crippen LogP contribution in [0.2, 0.25) is 0 Å². The summed E-state index contributed by atoms with van der Waals surface area (Å²) < 4.78 is 18.8. The number of ether oxygens (including phenoxy) is 1. The topological polar surface area (TPSA) is 105 Å². The first-order valence-corrected chi connectivity index (χ1v) is 13.1. The summed E-state index contributed by atoms with van der Waals surface area (Å²) in [6, 6.07) is 14.8. The number of esters is 1. The molecule has 2 amide bonds. The fraction of sp³-hybridized carbons (Fsp3) is 0.433. The molecular weight excluding hydrogens is 487 g/mol. The number of cyclic esters (lactones) is 1. The zero-order chi connectivity index (χ0) is 27.3. The standard InChI is InChI=1S/C30H37FN2O5/c1-21-20-38-30(37)25(16-23-12-14-26(31)15-13-23)11-7-3-6-10-24(29(36)32-21)18-28(35)33-27(19-34)17-22-8-4-2-5-9-22/h2-6,8-9,12-15,21,24-25,27,34H,7,10-11,16-20H2,1H3,(H,32,36)(H,33,35)/b6-3+/t21-,24+,25+,27+/m1/s1. The first-order valence-electron chi connectivity index (χ1n) is 13.1. The van der Waals surface area contributed by atoms with Crippen LogP contribution in [0.4, 0.5) is 4.39 Å². The zero-order valence-corrected chi connectivity index (χ0v) is 21.8. The lowest BCUT2D eigenvalue weighted by Gasteiger charge is -2.21. The summed E-state index contributed by atoms with van der Waals surface area (Å²) in [5, 5.41) is 15.4. The van der Waals surface area contributed by atoms with Crippen molar-refractivity contribution in [1.29, 1.82) is 0 Å². The lowest BCUT2D eigenvalue weighted by Crippen LogP contribution is -2.44. The molecule has 2 aromatic carbocycles. The third-order valence-electron chi connectivity index (χ3n) is 6.58. The Hall–Kier alpha value is -3.52. The minimum absolute atomic E-state index is 0.0144. The van der Waals surface area contributed by atoms with Gasteiger partial charge in [-0.3, -0.25) is 14.4 Å². The molecule has 3 N–H and O–H groups in total. The number of nitrogens with one attached hydrogen (secondary N) is 2. The third kappa shape index (κ3) is 9.74. The molecule has 0 bridgehead atoms. The van der Waals surface area contributed by atoms with Crippen LogP contribution < -0.4 is 10.6 Å². The van der Waals surface area contributed by atoms with Gasteiger partial charge in [0.2, 0.25) is 11.8 Å². The molecule has 0 saturated heterocycles. The largest absolute Gasteiger partial charge is 0.463 e. The van der Waals surface area contributed by atoms with E-state index >= 15 is 0 Å². The quantitative estimate of drug-likeness (QED) is 0.362. The van der Waals surface area contributed by atoms with E-state index in [9.17, 15) is 23.9 Å². The van der Waals surface area contributed by atoms with E-state index in [0.717, 1.165) is 11.1 Å². The fourth-order valence-corrected chi connectivity index (χ4v) is 4.46. The SMILES string of the molecule is C[C@@H]1COC(=O)[C@H](Cc2ccc(F)cc2)CC/C=C/C[C@@H](CC(=O)N[C@H](CO)Cc2ccccc2)C(=O)N1. The van der Waals surface area contributed by atoms with Crippen LogP contribution in [0.15, 0.2) is 66.7 Å². The number of aliphatic hydroxyl groups is 1. The smallest absolute Gasteiger partial charge is 0.309 e. The Labute approximate surface area is 223 Å². The van der Waals surface area contributed by atoms with Gasteiger partial charge in [-0.15, -0.1) is 0 Å². The Morgan fingerprint density at radius 3 is 2.53 bits per heavy atom. The molecule has 0 radical (unpaired) electrons. The Morgan fingerprint density at radius 2 is 1.82 bits per heavy atom. The van der Waals surface area contributed by atoms with Crippen molar-refractivity contribution in [2.75, 3.05) is 13.2 Å². The van der Waals surface area contributed by atoms with Crippen LogP contribution in [0.25, 0.3) is 0 Å². The molecule has 8 heteroatoms. The van der Waals surface area contributed by atoms with Crippen molar-refractivity contribution in [3.8, 4) is 0 Å². The predicted molar refractivity (Wildman–Crippen MR) is 142 cm³/mol. The zero-order valence-electron chi connectivity index (χ0n) is 21.8. The monoisotopic (exact) mass is 524 g/mol. The number of amides is 2. The van der Waals surface area contributed by atoms with Crippen molar-refractivity contribution in [3.63, 3.8) is 0 Å². The Balaban J connectivity index is 1.61. The van der Waals surface area contributed by atoms with Crippen LogP contribution in [0.1, 0.15) is 43.7 Å². The predicted octanol–water partition coefficient (Wildman–Crippen LogP) is 3.50. The van der Waals surface area contributed by atoms with Crippen molar-refractivity contribution < 1.29 is 28.6 Å². The minimum Gasteiger partial charge on any atom is -0.463 e. The summed E-state index contributed by atoms with van der Waals surface area (Å²) in [6.45, 7) is 1.55. The van der Waals surface area contributed by atoms with E-state index in [1.54, 1.807) is 19.1 Å². The highest BCUT2D eigenvalue weighted by atomic mass is 19.1. The molecular formula is C30H37FN2O5. The van der Waals surface area contributed by atoms with Gasteiger partial charge >= 0.3 is 5.97 Å². The van der Waals surface area contributed by atoms with Crippen LogP contribution in [0.5, 0.6) is 0 Å². The average Bonchev–Trinajstić information content (AvgIpc) is 2.91. The number of aliphatic hydroxyl groups excluding tert-OH is 1. The van der Waals surface area contributed by atoms with Crippen molar-refractivity contribution in [3.05, 3.63) is 83.7 Å². The first-order chi connectivity index (χ1) is 18.3. The fourth-order valence-electron chi connectivity index (χ4n) is 4.46. The van der Waals surface area contributed by atoms with Gasteiger partial charge in [-0.2, -0.15) is 0 Å². The molecule has 204 valence electrons. The summed E-state index contributed by atoms with van der Waals surface area (Å²) in [7, 11) is 0. The molecule has 0 aromatic heterocycles. The normalized spacial score (nSPS) is 22.6. The molecule has 4 atom stereocenters. The van der Waals surface area contributed by atoms with Crippen molar-refractivity contribution in [2.45, 2.75) is 57.5 Å². The molecule has 1 heterocycles. The Bertz CT molecular complexity index is 1070. The van der Waals surface area contributed by atoms with Crippen LogP contribution in [-0.4, -0.2) is 48.2 Å². The minimum atomic E-state index is -0.601. The number of allylic oxidation sites excluding steroid dienone is 2. The molecule has 0 fully saturated rings. The van der Waals surface area contributed by atoms with Crippen molar-refractivity contribution >= 4 is 17.8 Å². The summed E-state index contributed by atoms with van der Waals surface area (Å²) in [5.41, 5.74) is 1.85. The summed E-state index contributed by atoms with van der Waals surface area (Å²) in [5.74, 6) is -2.28. The van der Waals surface area contributed by atoms with Gasteiger partial charge in [0.05, 0.1) is 30.5 Å². The molecule has 1 aliphatic rings. The Morgan fingerprint density at radius 1 is 1.08 bits per heavy atom. The molecule has 0 aliphatic carbocycles. The number of rotatable bonds is 8. The van der Waals surface area contributed by atoms with E-state index in [0.29, 0.717) is 32.1 Å². The van der Waals surface area contributed by atoms with Crippen LogP contribution >= 0.6 is 0 Å². The van der Waals surface area contributed by atoms with E-state index < -0.39 is 23.9 Å². The highest BCUT2D eigenvalue weighted by molar-refractivity contribution is 5.86. The van der Waals surface area contributed by atoms with Gasteiger partial charge < -0.3 is 20.5 Å². The van der Waals surface area contributed by atoms with E-state index in [1.165, 1.54) is 12.1 Å². The van der Waals surface area contributed by atoms with E-state index in [4.69, 9.17) is 4.74 Å². The molecule has 0 spiro atoms. The lowest BCUT2D eigenvalue weighted by atomic mass is 9.94. The van der Waals surface area contributed by atoms with Gasteiger partial charge in [0.15, 0.2) is 0 Å².